The molecule has 3 rings (SSSR count). The fourth-order valence-corrected chi connectivity index (χ4v) is 4.10. The number of carbonyl (C=O) groups excluding carboxylic acids is 1. The number of ether oxygens (including phenoxy) is 1. The van der Waals surface area contributed by atoms with Gasteiger partial charge >= 0.3 is 4.87 Å². The molecule has 2 aromatic heterocycles. The average molecular weight is 363 g/mol. The summed E-state index contributed by atoms with van der Waals surface area (Å²) in [5.74, 6) is 0.600. The molecular formula is C16H17N3O3S2. The molecule has 0 aliphatic rings. The Kier molecular flexibility index (Phi) is 4.68. The van der Waals surface area contributed by atoms with Gasteiger partial charge in [-0.3, -0.25) is 9.59 Å². The van der Waals surface area contributed by atoms with E-state index < -0.39 is 0 Å². The highest BCUT2D eigenvalue weighted by molar-refractivity contribution is 7.22. The number of amides is 1. The molecule has 1 aromatic carbocycles. The molecule has 0 saturated carbocycles. The van der Waals surface area contributed by atoms with Gasteiger partial charge in [-0.25, -0.2) is 4.98 Å². The first kappa shape index (κ1) is 16.7. The van der Waals surface area contributed by atoms with Crippen LogP contribution in [0.1, 0.15) is 17.0 Å². The summed E-state index contributed by atoms with van der Waals surface area (Å²) in [7, 11) is 1.61. The molecule has 126 valence electrons. The minimum atomic E-state index is -0.156. The van der Waals surface area contributed by atoms with Crippen LogP contribution in [0.5, 0.6) is 5.75 Å². The second-order valence-corrected chi connectivity index (χ2v) is 7.51. The molecule has 2 heterocycles. The molecule has 0 atom stereocenters. The molecule has 1 N–H and O–H groups in total. The summed E-state index contributed by atoms with van der Waals surface area (Å²) in [5.41, 5.74) is 1.74. The minimum Gasteiger partial charge on any atom is -0.497 e. The number of aromatic nitrogens is 2. The Labute approximate surface area is 146 Å². The number of hydrogen-bond acceptors (Lipinski definition) is 6. The van der Waals surface area contributed by atoms with E-state index in [4.69, 9.17) is 4.74 Å². The van der Waals surface area contributed by atoms with E-state index in [0.29, 0.717) is 11.7 Å². The lowest BCUT2D eigenvalue weighted by Gasteiger charge is -2.04. The van der Waals surface area contributed by atoms with Gasteiger partial charge in [-0.2, -0.15) is 0 Å². The summed E-state index contributed by atoms with van der Waals surface area (Å²) in [4.78, 5) is 29.3. The summed E-state index contributed by atoms with van der Waals surface area (Å²) in [5, 5.41) is 3.35. The number of rotatable bonds is 5. The Bertz CT molecular complexity index is 955. The average Bonchev–Trinajstić information content (AvgIpc) is 3.05. The van der Waals surface area contributed by atoms with Gasteiger partial charge in [-0.15, -0.1) is 0 Å². The van der Waals surface area contributed by atoms with Crippen molar-refractivity contribution in [2.45, 2.75) is 26.8 Å². The van der Waals surface area contributed by atoms with E-state index >= 15 is 0 Å². The maximum atomic E-state index is 12.1. The number of thiazole rings is 2. The predicted octanol–water partition coefficient (Wildman–Crippen LogP) is 3.17. The summed E-state index contributed by atoms with van der Waals surface area (Å²) < 4.78 is 7.78. The third kappa shape index (κ3) is 3.34. The molecule has 0 aliphatic heterocycles. The maximum Gasteiger partial charge on any atom is 0.307 e. The zero-order valence-corrected chi connectivity index (χ0v) is 15.2. The zero-order chi connectivity index (χ0) is 17.3. The smallest absolute Gasteiger partial charge is 0.307 e. The molecule has 0 spiro atoms. The molecule has 0 aliphatic carbocycles. The summed E-state index contributed by atoms with van der Waals surface area (Å²) in [6.45, 7) is 4.18. The molecule has 3 aromatic rings. The third-order valence-electron chi connectivity index (χ3n) is 3.78. The molecule has 0 fully saturated rings. The molecule has 8 heteroatoms. The lowest BCUT2D eigenvalue weighted by molar-refractivity contribution is -0.116. The van der Waals surface area contributed by atoms with Gasteiger partial charge in [0, 0.05) is 23.5 Å². The van der Waals surface area contributed by atoms with E-state index in [1.165, 1.54) is 22.7 Å². The van der Waals surface area contributed by atoms with E-state index in [1.807, 2.05) is 32.0 Å². The summed E-state index contributed by atoms with van der Waals surface area (Å²) in [6.07, 6.45) is 0.232. The number of carbonyl (C=O) groups is 1. The molecule has 0 radical (unpaired) electrons. The largest absolute Gasteiger partial charge is 0.497 e. The van der Waals surface area contributed by atoms with Crippen LogP contribution in [-0.2, 0) is 11.3 Å². The Morgan fingerprint density at radius 2 is 2.12 bits per heavy atom. The number of benzene rings is 1. The van der Waals surface area contributed by atoms with Crippen LogP contribution in [0.3, 0.4) is 0 Å². The van der Waals surface area contributed by atoms with Crippen LogP contribution >= 0.6 is 22.7 Å². The quantitative estimate of drug-likeness (QED) is 0.756. The van der Waals surface area contributed by atoms with E-state index in [2.05, 4.69) is 10.3 Å². The Morgan fingerprint density at radius 1 is 1.33 bits per heavy atom. The molecule has 24 heavy (non-hydrogen) atoms. The lowest BCUT2D eigenvalue weighted by Crippen LogP contribution is -2.20. The van der Waals surface area contributed by atoms with Gasteiger partial charge in [0.05, 0.1) is 17.3 Å². The van der Waals surface area contributed by atoms with Gasteiger partial charge in [0.1, 0.15) is 5.75 Å². The minimum absolute atomic E-state index is 0.0233. The highest BCUT2D eigenvalue weighted by atomic mass is 32.1. The zero-order valence-electron chi connectivity index (χ0n) is 13.6. The van der Waals surface area contributed by atoms with Gasteiger partial charge in [0.25, 0.3) is 0 Å². The first-order valence-electron chi connectivity index (χ1n) is 7.39. The van der Waals surface area contributed by atoms with Crippen molar-refractivity contribution in [2.75, 3.05) is 12.4 Å². The number of aryl methyl sites for hydroxylation is 1. The predicted molar refractivity (Wildman–Crippen MR) is 97.5 cm³/mol. The van der Waals surface area contributed by atoms with Gasteiger partial charge in [0.2, 0.25) is 5.91 Å². The first-order chi connectivity index (χ1) is 11.5. The first-order valence-corrected chi connectivity index (χ1v) is 9.02. The Morgan fingerprint density at radius 3 is 2.79 bits per heavy atom. The van der Waals surface area contributed by atoms with Gasteiger partial charge in [-0.05, 0) is 32.0 Å². The van der Waals surface area contributed by atoms with Crippen molar-refractivity contribution >= 4 is 43.9 Å². The van der Waals surface area contributed by atoms with Crippen LogP contribution < -0.4 is 14.9 Å². The van der Waals surface area contributed by atoms with Crippen LogP contribution in [0.2, 0.25) is 0 Å². The topological polar surface area (TPSA) is 73.2 Å². The van der Waals surface area contributed by atoms with Crippen molar-refractivity contribution in [1.82, 2.24) is 9.55 Å². The van der Waals surface area contributed by atoms with E-state index in [-0.39, 0.29) is 17.2 Å². The van der Waals surface area contributed by atoms with E-state index in [0.717, 1.165) is 26.5 Å². The second kappa shape index (κ2) is 6.74. The fraction of sp³-hybridized carbons (Fsp3) is 0.312. The van der Waals surface area contributed by atoms with Crippen molar-refractivity contribution in [3.8, 4) is 5.75 Å². The number of anilines is 1. The monoisotopic (exact) mass is 363 g/mol. The molecule has 0 bridgehead atoms. The van der Waals surface area contributed by atoms with Crippen molar-refractivity contribution in [2.24, 2.45) is 0 Å². The number of nitrogens with one attached hydrogen (secondary N) is 1. The highest BCUT2D eigenvalue weighted by Gasteiger charge is 2.12. The van der Waals surface area contributed by atoms with Gasteiger partial charge in [0.15, 0.2) is 5.13 Å². The molecule has 0 unspecified atom stereocenters. The lowest BCUT2D eigenvalue weighted by atomic mass is 10.3. The number of hydrogen-bond donors (Lipinski definition) is 1. The van der Waals surface area contributed by atoms with Crippen molar-refractivity contribution in [3.05, 3.63) is 38.4 Å². The Balaban J connectivity index is 1.67. The highest BCUT2D eigenvalue weighted by Crippen LogP contribution is 2.29. The van der Waals surface area contributed by atoms with Crippen LogP contribution in [0, 0.1) is 13.8 Å². The number of methoxy groups -OCH3 is 1. The van der Waals surface area contributed by atoms with Crippen molar-refractivity contribution in [3.63, 3.8) is 0 Å². The van der Waals surface area contributed by atoms with E-state index in [1.54, 1.807) is 11.7 Å². The van der Waals surface area contributed by atoms with Crippen LogP contribution in [0.15, 0.2) is 23.0 Å². The molecule has 1 amide bonds. The normalized spacial score (nSPS) is 11.0. The number of fused-ring (bicyclic) bond motifs is 1. The van der Waals surface area contributed by atoms with Crippen LogP contribution in [0.25, 0.3) is 10.2 Å². The fourth-order valence-electron chi connectivity index (χ4n) is 2.33. The SMILES string of the molecule is COc1ccc2nc(NC(=O)CCn3c(C)c(C)sc3=O)sc2c1. The van der Waals surface area contributed by atoms with Crippen LogP contribution in [0.4, 0.5) is 5.13 Å². The van der Waals surface area contributed by atoms with Crippen LogP contribution in [-0.4, -0.2) is 22.6 Å². The van der Waals surface area contributed by atoms with Crippen molar-refractivity contribution < 1.29 is 9.53 Å². The third-order valence-corrected chi connectivity index (χ3v) is 5.71. The molecule has 0 saturated heterocycles. The molecule has 6 nitrogen and oxygen atoms in total. The summed E-state index contributed by atoms with van der Waals surface area (Å²) >= 11 is 2.61. The number of nitrogens with zero attached hydrogens (tertiary/aromatic N) is 2. The second-order valence-electron chi connectivity index (χ2n) is 5.31. The maximum absolute atomic E-state index is 12.1. The standard InChI is InChI=1S/C16H17N3O3S2/c1-9-10(2)23-16(21)19(9)7-6-14(20)18-15-17-12-5-4-11(22-3)8-13(12)24-15/h4-5,8H,6-7H2,1-3H3,(H,17,18,20). The summed E-state index contributed by atoms with van der Waals surface area (Å²) in [6, 6.07) is 5.58. The van der Waals surface area contributed by atoms with Gasteiger partial charge in [-0.1, -0.05) is 22.7 Å². The molecular weight excluding hydrogens is 346 g/mol. The van der Waals surface area contributed by atoms with Gasteiger partial charge < -0.3 is 14.6 Å². The Hall–Kier alpha value is -2.19. The van der Waals surface area contributed by atoms with E-state index in [9.17, 15) is 9.59 Å². The van der Waals surface area contributed by atoms with Crippen molar-refractivity contribution in [1.29, 1.82) is 0 Å².